The van der Waals surface area contributed by atoms with Gasteiger partial charge in [0.1, 0.15) is 0 Å². The van der Waals surface area contributed by atoms with Crippen LogP contribution in [0.1, 0.15) is 15.9 Å². The summed E-state index contributed by atoms with van der Waals surface area (Å²) in [6.45, 7) is 1.76. The van der Waals surface area contributed by atoms with Crippen molar-refractivity contribution in [2.24, 2.45) is 0 Å². The molecule has 0 heterocycles. The molecule has 0 radical (unpaired) electrons. The highest BCUT2D eigenvalue weighted by Crippen LogP contribution is 2.22. The van der Waals surface area contributed by atoms with Crippen LogP contribution in [0.15, 0.2) is 36.4 Å². The van der Waals surface area contributed by atoms with E-state index in [2.05, 4.69) is 10.6 Å². The second-order valence-electron chi connectivity index (χ2n) is 4.79. The molecule has 9 heteroatoms. The average molecular weight is 384 g/mol. The Morgan fingerprint density at radius 3 is 2.54 bits per heavy atom. The quantitative estimate of drug-likeness (QED) is 0.467. The first-order valence-electron chi connectivity index (χ1n) is 6.60. The van der Waals surface area contributed by atoms with E-state index in [1.165, 1.54) is 30.3 Å². The molecule has 0 saturated carbocycles. The Hall–Kier alpha value is -2.22. The number of nitro groups is 1. The Kier molecular flexibility index (Phi) is 5.71. The highest BCUT2D eigenvalue weighted by Gasteiger charge is 2.14. The zero-order chi connectivity index (χ0) is 17.9. The van der Waals surface area contributed by atoms with E-state index in [1.807, 2.05) is 0 Å². The first kappa shape index (κ1) is 18.1. The highest BCUT2D eigenvalue weighted by molar-refractivity contribution is 7.80. The van der Waals surface area contributed by atoms with Crippen molar-refractivity contribution in [2.75, 3.05) is 5.32 Å². The standard InChI is InChI=1S/C15H11Cl2N3O3S/c1-8-2-4-10(20(22)23)7-13(8)18-15(24)19-14(21)11-5-3-9(16)6-12(11)17/h2-7H,1H3,(H2,18,19,21,24). The van der Waals surface area contributed by atoms with Crippen LogP contribution in [-0.2, 0) is 0 Å². The molecule has 24 heavy (non-hydrogen) atoms. The number of halogens is 2. The van der Waals surface area contributed by atoms with Gasteiger partial charge in [0.15, 0.2) is 5.11 Å². The van der Waals surface area contributed by atoms with Gasteiger partial charge in [0, 0.05) is 22.8 Å². The molecule has 0 aliphatic heterocycles. The molecule has 0 spiro atoms. The molecule has 0 bridgehead atoms. The normalized spacial score (nSPS) is 10.1. The first-order valence-corrected chi connectivity index (χ1v) is 7.77. The van der Waals surface area contributed by atoms with Gasteiger partial charge in [0.2, 0.25) is 0 Å². The summed E-state index contributed by atoms with van der Waals surface area (Å²) >= 11 is 16.8. The molecule has 2 rings (SSSR count). The number of non-ortho nitro benzene ring substituents is 1. The van der Waals surface area contributed by atoms with Gasteiger partial charge in [0.25, 0.3) is 11.6 Å². The van der Waals surface area contributed by atoms with Gasteiger partial charge in [-0.3, -0.25) is 20.2 Å². The maximum Gasteiger partial charge on any atom is 0.271 e. The fourth-order valence-electron chi connectivity index (χ4n) is 1.86. The van der Waals surface area contributed by atoms with Gasteiger partial charge in [-0.05, 0) is 42.9 Å². The lowest BCUT2D eigenvalue weighted by atomic mass is 10.2. The summed E-state index contributed by atoms with van der Waals surface area (Å²) in [6, 6.07) is 8.75. The number of nitrogens with zero attached hydrogens (tertiary/aromatic N) is 1. The van der Waals surface area contributed by atoms with Crippen LogP contribution in [-0.4, -0.2) is 15.9 Å². The number of anilines is 1. The number of carbonyl (C=O) groups is 1. The van der Waals surface area contributed by atoms with E-state index in [-0.39, 0.29) is 21.4 Å². The second kappa shape index (κ2) is 7.57. The molecule has 0 fully saturated rings. The molecule has 0 unspecified atom stereocenters. The third kappa shape index (κ3) is 4.41. The van der Waals surface area contributed by atoms with Crippen molar-refractivity contribution in [2.45, 2.75) is 6.92 Å². The number of nitrogens with one attached hydrogen (secondary N) is 2. The maximum absolute atomic E-state index is 12.2. The molecule has 1 amide bonds. The van der Waals surface area contributed by atoms with Gasteiger partial charge < -0.3 is 5.32 Å². The van der Waals surface area contributed by atoms with Crippen molar-refractivity contribution >= 4 is 57.8 Å². The second-order valence-corrected chi connectivity index (χ2v) is 6.04. The minimum Gasteiger partial charge on any atom is -0.332 e. The molecule has 6 nitrogen and oxygen atoms in total. The first-order chi connectivity index (χ1) is 11.3. The molecular formula is C15H11Cl2N3O3S. The van der Waals surface area contributed by atoms with Crippen molar-refractivity contribution in [1.82, 2.24) is 5.32 Å². The van der Waals surface area contributed by atoms with Crippen molar-refractivity contribution < 1.29 is 9.72 Å². The SMILES string of the molecule is Cc1ccc([N+](=O)[O-])cc1NC(=S)NC(=O)c1ccc(Cl)cc1Cl. The molecule has 0 aromatic heterocycles. The predicted octanol–water partition coefficient (Wildman–Crippen LogP) is 4.34. The Bertz CT molecular complexity index is 843. The van der Waals surface area contributed by atoms with Gasteiger partial charge in [0.05, 0.1) is 15.5 Å². The minimum absolute atomic E-state index is 0.00499. The minimum atomic E-state index is -0.516. The number of thiocarbonyl (C=S) groups is 1. The van der Waals surface area contributed by atoms with Crippen LogP contribution in [0.2, 0.25) is 10.0 Å². The van der Waals surface area contributed by atoms with E-state index in [0.717, 1.165) is 5.56 Å². The Balaban J connectivity index is 2.12. The molecular weight excluding hydrogens is 373 g/mol. The van der Waals surface area contributed by atoms with Crippen LogP contribution in [0.25, 0.3) is 0 Å². The van der Waals surface area contributed by atoms with Crippen LogP contribution in [0, 0.1) is 17.0 Å². The maximum atomic E-state index is 12.2. The van der Waals surface area contributed by atoms with Crippen molar-refractivity contribution in [3.8, 4) is 0 Å². The van der Waals surface area contributed by atoms with Gasteiger partial charge in [-0.2, -0.15) is 0 Å². The van der Waals surface area contributed by atoms with E-state index < -0.39 is 10.8 Å². The third-order valence-electron chi connectivity index (χ3n) is 3.08. The van der Waals surface area contributed by atoms with Crippen molar-refractivity contribution in [1.29, 1.82) is 0 Å². The molecule has 0 saturated heterocycles. The molecule has 2 N–H and O–H groups in total. The van der Waals surface area contributed by atoms with E-state index in [4.69, 9.17) is 35.4 Å². The third-order valence-corrected chi connectivity index (χ3v) is 3.83. The summed E-state index contributed by atoms with van der Waals surface area (Å²) in [5, 5.41) is 16.6. The number of rotatable bonds is 3. The van der Waals surface area contributed by atoms with E-state index in [9.17, 15) is 14.9 Å². The van der Waals surface area contributed by atoms with Gasteiger partial charge in [-0.25, -0.2) is 0 Å². The molecule has 2 aromatic rings. The molecule has 2 aromatic carbocycles. The fraction of sp³-hybridized carbons (Fsp3) is 0.0667. The zero-order valence-corrected chi connectivity index (χ0v) is 14.6. The van der Waals surface area contributed by atoms with Crippen LogP contribution in [0.4, 0.5) is 11.4 Å². The lowest BCUT2D eigenvalue weighted by Gasteiger charge is -2.12. The van der Waals surface area contributed by atoms with Crippen molar-refractivity contribution in [3.63, 3.8) is 0 Å². The smallest absolute Gasteiger partial charge is 0.271 e. The van der Waals surface area contributed by atoms with Gasteiger partial charge in [-0.15, -0.1) is 0 Å². The lowest BCUT2D eigenvalue weighted by molar-refractivity contribution is -0.384. The van der Waals surface area contributed by atoms with Crippen LogP contribution < -0.4 is 10.6 Å². The molecule has 0 aliphatic rings. The summed E-state index contributed by atoms with van der Waals surface area (Å²) < 4.78 is 0. The Morgan fingerprint density at radius 1 is 1.21 bits per heavy atom. The highest BCUT2D eigenvalue weighted by atomic mass is 35.5. The fourth-order valence-corrected chi connectivity index (χ4v) is 2.55. The Labute approximate surface area is 152 Å². The van der Waals surface area contributed by atoms with E-state index in [1.54, 1.807) is 13.0 Å². The van der Waals surface area contributed by atoms with Crippen LogP contribution in [0.3, 0.4) is 0 Å². The number of benzene rings is 2. The molecule has 0 aliphatic carbocycles. The summed E-state index contributed by atoms with van der Waals surface area (Å²) in [5.41, 5.74) is 1.29. The monoisotopic (exact) mass is 383 g/mol. The largest absolute Gasteiger partial charge is 0.332 e. The molecule has 0 atom stereocenters. The van der Waals surface area contributed by atoms with E-state index >= 15 is 0 Å². The number of carbonyl (C=O) groups excluding carboxylic acids is 1. The summed E-state index contributed by atoms with van der Waals surface area (Å²) in [5.74, 6) is -0.516. The predicted molar refractivity (Wildman–Crippen MR) is 98.0 cm³/mol. The average Bonchev–Trinajstić information content (AvgIpc) is 2.48. The molecule has 124 valence electrons. The van der Waals surface area contributed by atoms with Gasteiger partial charge in [-0.1, -0.05) is 29.3 Å². The van der Waals surface area contributed by atoms with Crippen LogP contribution >= 0.6 is 35.4 Å². The summed E-state index contributed by atoms with van der Waals surface area (Å²) in [4.78, 5) is 22.5. The lowest BCUT2D eigenvalue weighted by Crippen LogP contribution is -2.34. The summed E-state index contributed by atoms with van der Waals surface area (Å²) in [6.07, 6.45) is 0. The number of hydrogen-bond donors (Lipinski definition) is 2. The zero-order valence-electron chi connectivity index (χ0n) is 12.3. The topological polar surface area (TPSA) is 84.3 Å². The van der Waals surface area contributed by atoms with Crippen LogP contribution in [0.5, 0.6) is 0 Å². The van der Waals surface area contributed by atoms with Gasteiger partial charge >= 0.3 is 0 Å². The number of amides is 1. The number of nitro benzene ring substituents is 1. The van der Waals surface area contributed by atoms with Crippen molar-refractivity contribution in [3.05, 3.63) is 67.7 Å². The number of aryl methyl sites for hydroxylation is 1. The summed E-state index contributed by atoms with van der Waals surface area (Å²) in [7, 11) is 0. The Morgan fingerprint density at radius 2 is 1.92 bits per heavy atom. The number of hydrogen-bond acceptors (Lipinski definition) is 4. The van der Waals surface area contributed by atoms with E-state index in [0.29, 0.717) is 10.7 Å².